The summed E-state index contributed by atoms with van der Waals surface area (Å²) in [5.41, 5.74) is 1.06. The first kappa shape index (κ1) is 13.9. The van der Waals surface area contributed by atoms with Gasteiger partial charge in [-0.3, -0.25) is 4.79 Å². The number of nitrogens with one attached hydrogen (secondary N) is 1. The Bertz CT molecular complexity index is 510. The normalized spacial score (nSPS) is 19.7. The highest BCUT2D eigenvalue weighted by atomic mass is 16.2. The Morgan fingerprint density at radius 3 is 2.48 bits per heavy atom. The second-order valence-corrected chi connectivity index (χ2v) is 5.70. The highest BCUT2D eigenvalue weighted by Crippen LogP contribution is 2.19. The molecule has 21 heavy (non-hydrogen) atoms. The lowest BCUT2D eigenvalue weighted by atomic mass is 10.0. The van der Waals surface area contributed by atoms with Crippen LogP contribution in [-0.2, 0) is 11.2 Å². The molecule has 3 rings (SSSR count). The van der Waals surface area contributed by atoms with E-state index >= 15 is 0 Å². The van der Waals surface area contributed by atoms with Gasteiger partial charge in [-0.2, -0.15) is 0 Å². The smallest absolute Gasteiger partial charge is 0.317 e. The van der Waals surface area contributed by atoms with Crippen molar-refractivity contribution in [3.05, 3.63) is 35.9 Å². The zero-order valence-electron chi connectivity index (χ0n) is 12.1. The minimum Gasteiger partial charge on any atom is -0.342 e. The number of carbonyl (C=O) groups is 2. The van der Waals surface area contributed by atoms with Crippen molar-refractivity contribution < 1.29 is 9.59 Å². The molecule has 3 amide bonds. The number of carbonyl (C=O) groups excluding carboxylic acids is 2. The molecule has 2 heterocycles. The first-order valence-electron chi connectivity index (χ1n) is 7.60. The molecule has 0 aliphatic carbocycles. The summed E-state index contributed by atoms with van der Waals surface area (Å²) in [4.78, 5) is 27.8. The monoisotopic (exact) mass is 287 g/mol. The van der Waals surface area contributed by atoms with Crippen LogP contribution < -0.4 is 5.32 Å². The van der Waals surface area contributed by atoms with Gasteiger partial charge >= 0.3 is 6.03 Å². The maximum absolute atomic E-state index is 12.3. The van der Waals surface area contributed by atoms with Crippen LogP contribution in [0.5, 0.6) is 0 Å². The molecule has 1 aromatic rings. The molecule has 5 nitrogen and oxygen atoms in total. The third-order valence-corrected chi connectivity index (χ3v) is 4.35. The molecule has 112 valence electrons. The van der Waals surface area contributed by atoms with Gasteiger partial charge in [0.2, 0.25) is 5.91 Å². The van der Waals surface area contributed by atoms with Gasteiger partial charge in [0.15, 0.2) is 0 Å². The molecular weight excluding hydrogens is 266 g/mol. The Balaban J connectivity index is 1.51. The third-order valence-electron chi connectivity index (χ3n) is 4.35. The fourth-order valence-corrected chi connectivity index (χ4v) is 3.14. The number of piperidine rings is 1. The minimum absolute atomic E-state index is 0.0454. The van der Waals surface area contributed by atoms with Gasteiger partial charge in [0.25, 0.3) is 0 Å². The van der Waals surface area contributed by atoms with Crippen LogP contribution in [-0.4, -0.2) is 54.0 Å². The van der Waals surface area contributed by atoms with Gasteiger partial charge in [-0.1, -0.05) is 30.3 Å². The molecule has 1 N–H and O–H groups in total. The summed E-state index contributed by atoms with van der Waals surface area (Å²) >= 11 is 0. The fraction of sp³-hybridized carbons (Fsp3) is 0.500. The van der Waals surface area contributed by atoms with Crippen LogP contribution in [0.3, 0.4) is 0 Å². The molecule has 0 aromatic heterocycles. The molecule has 0 unspecified atom stereocenters. The second-order valence-electron chi connectivity index (χ2n) is 5.70. The topological polar surface area (TPSA) is 52.7 Å². The Kier molecular flexibility index (Phi) is 4.08. The highest BCUT2D eigenvalue weighted by molar-refractivity contribution is 5.79. The number of amides is 3. The lowest BCUT2D eigenvalue weighted by Gasteiger charge is -2.36. The van der Waals surface area contributed by atoms with E-state index in [1.807, 2.05) is 40.1 Å². The highest BCUT2D eigenvalue weighted by Gasteiger charge is 2.31. The van der Waals surface area contributed by atoms with E-state index < -0.39 is 0 Å². The van der Waals surface area contributed by atoms with Crippen LogP contribution in [0.25, 0.3) is 0 Å². The van der Waals surface area contributed by atoms with Crippen LogP contribution in [0.15, 0.2) is 30.3 Å². The number of nitrogens with zero attached hydrogens (tertiary/aromatic N) is 2. The molecule has 0 radical (unpaired) electrons. The van der Waals surface area contributed by atoms with E-state index in [2.05, 4.69) is 5.32 Å². The van der Waals surface area contributed by atoms with E-state index in [9.17, 15) is 9.59 Å². The standard InChI is InChI=1S/C16H21N3O2/c20-15(12-13-4-2-1-3-5-13)18-9-6-14(7-10-18)19-11-8-17-16(19)21/h1-5,14H,6-12H2,(H,17,21). The van der Waals surface area contributed by atoms with Crippen molar-refractivity contribution >= 4 is 11.9 Å². The van der Waals surface area contributed by atoms with E-state index in [0.717, 1.165) is 44.6 Å². The van der Waals surface area contributed by atoms with Gasteiger partial charge in [-0.15, -0.1) is 0 Å². The van der Waals surface area contributed by atoms with Gasteiger partial charge < -0.3 is 15.1 Å². The lowest BCUT2D eigenvalue weighted by Crippen LogP contribution is -2.48. The van der Waals surface area contributed by atoms with Gasteiger partial charge in [-0.05, 0) is 18.4 Å². The van der Waals surface area contributed by atoms with Crippen LogP contribution in [0.2, 0.25) is 0 Å². The van der Waals surface area contributed by atoms with Crippen molar-refractivity contribution in [1.29, 1.82) is 0 Å². The summed E-state index contributed by atoms with van der Waals surface area (Å²) < 4.78 is 0. The molecule has 0 spiro atoms. The van der Waals surface area contributed by atoms with Crippen molar-refractivity contribution in [3.63, 3.8) is 0 Å². The van der Waals surface area contributed by atoms with Gasteiger partial charge in [0, 0.05) is 32.2 Å². The molecule has 2 aliphatic heterocycles. The van der Waals surface area contributed by atoms with Crippen LogP contribution in [0.4, 0.5) is 4.79 Å². The number of hydrogen-bond acceptors (Lipinski definition) is 2. The quantitative estimate of drug-likeness (QED) is 0.909. The van der Waals surface area contributed by atoms with Gasteiger partial charge in [0.05, 0.1) is 6.42 Å². The third kappa shape index (κ3) is 3.17. The van der Waals surface area contributed by atoms with E-state index in [0.29, 0.717) is 6.42 Å². The predicted molar refractivity (Wildman–Crippen MR) is 79.9 cm³/mol. The van der Waals surface area contributed by atoms with Gasteiger partial charge in [0.1, 0.15) is 0 Å². The summed E-state index contributed by atoms with van der Waals surface area (Å²) in [6.07, 6.45) is 2.23. The zero-order chi connectivity index (χ0) is 14.7. The molecule has 0 atom stereocenters. The van der Waals surface area contributed by atoms with Crippen molar-refractivity contribution in [2.75, 3.05) is 26.2 Å². The molecule has 0 saturated carbocycles. The second kappa shape index (κ2) is 6.16. The van der Waals surface area contributed by atoms with Gasteiger partial charge in [-0.25, -0.2) is 4.79 Å². The van der Waals surface area contributed by atoms with Crippen LogP contribution in [0.1, 0.15) is 18.4 Å². The number of hydrogen-bond donors (Lipinski definition) is 1. The summed E-state index contributed by atoms with van der Waals surface area (Å²) in [5.74, 6) is 0.186. The minimum atomic E-state index is 0.0454. The first-order chi connectivity index (χ1) is 10.2. The number of urea groups is 1. The summed E-state index contributed by atoms with van der Waals surface area (Å²) in [6.45, 7) is 3.04. The summed E-state index contributed by atoms with van der Waals surface area (Å²) in [5, 5.41) is 2.84. The molecule has 2 saturated heterocycles. The van der Waals surface area contributed by atoms with E-state index in [-0.39, 0.29) is 18.0 Å². The first-order valence-corrected chi connectivity index (χ1v) is 7.60. The summed E-state index contributed by atoms with van der Waals surface area (Å²) in [6, 6.07) is 10.2. The molecule has 5 heteroatoms. The lowest BCUT2D eigenvalue weighted by molar-refractivity contribution is -0.131. The Morgan fingerprint density at radius 2 is 1.86 bits per heavy atom. The molecule has 0 bridgehead atoms. The van der Waals surface area contributed by atoms with Crippen LogP contribution in [0, 0.1) is 0 Å². The predicted octanol–water partition coefficient (Wildman–Crippen LogP) is 1.25. The average Bonchev–Trinajstić information content (AvgIpc) is 2.94. The van der Waals surface area contributed by atoms with E-state index in [1.165, 1.54) is 0 Å². The Hall–Kier alpha value is -2.04. The number of rotatable bonds is 3. The van der Waals surface area contributed by atoms with E-state index in [4.69, 9.17) is 0 Å². The maximum atomic E-state index is 12.3. The number of likely N-dealkylation sites (tertiary alicyclic amines) is 1. The van der Waals surface area contributed by atoms with Crippen molar-refractivity contribution in [2.45, 2.75) is 25.3 Å². The summed E-state index contributed by atoms with van der Waals surface area (Å²) in [7, 11) is 0. The fourth-order valence-electron chi connectivity index (χ4n) is 3.14. The largest absolute Gasteiger partial charge is 0.342 e. The Morgan fingerprint density at radius 1 is 1.14 bits per heavy atom. The average molecular weight is 287 g/mol. The molecular formula is C16H21N3O2. The van der Waals surface area contributed by atoms with Crippen molar-refractivity contribution in [2.24, 2.45) is 0 Å². The van der Waals surface area contributed by atoms with Crippen molar-refractivity contribution in [1.82, 2.24) is 15.1 Å². The zero-order valence-corrected chi connectivity index (χ0v) is 12.1. The SMILES string of the molecule is O=C(Cc1ccccc1)N1CCC(N2CCNC2=O)CC1. The molecule has 2 aliphatic rings. The van der Waals surface area contributed by atoms with E-state index in [1.54, 1.807) is 0 Å². The molecule has 1 aromatic carbocycles. The molecule has 2 fully saturated rings. The van der Waals surface area contributed by atoms with Crippen LogP contribution >= 0.6 is 0 Å². The number of benzene rings is 1. The maximum Gasteiger partial charge on any atom is 0.317 e. The Labute approximate surface area is 124 Å². The van der Waals surface area contributed by atoms with Crippen molar-refractivity contribution in [3.8, 4) is 0 Å².